The molecule has 35 heteroatoms. The first-order chi connectivity index (χ1) is 13.9. The Morgan fingerprint density at radius 3 is 0.229 bits per heavy atom. The van der Waals surface area contributed by atoms with E-state index in [9.17, 15) is 0 Å². The van der Waals surface area contributed by atoms with Gasteiger partial charge in [-0.3, -0.25) is 35.7 Å². The third-order valence-corrected chi connectivity index (χ3v) is 0. The van der Waals surface area contributed by atoms with Crippen LogP contribution in [0.2, 0.25) is 0 Å². The molecule has 24 nitrogen and oxygen atoms in total. The maximum absolute atomic E-state index is 8.74. The molecule has 35 heavy (non-hydrogen) atoms. The Morgan fingerprint density at radius 2 is 0.229 bits per heavy atom. The fraction of sp³-hybridized carbons (Fsp3) is 0. The van der Waals surface area contributed by atoms with Crippen LogP contribution in [0.5, 0.6) is 0 Å². The molecule has 0 atom stereocenters. The van der Waals surface area contributed by atoms with Crippen LogP contribution in [0.15, 0.2) is 0 Å². The smallest absolute Gasteiger partial charge is 1.00 e. The van der Waals surface area contributed by atoms with Gasteiger partial charge in [0, 0.05) is 0 Å². The van der Waals surface area contributed by atoms with E-state index in [1.165, 1.54) is 0 Å². The van der Waals surface area contributed by atoms with E-state index in [4.69, 9.17) is 112 Å². The van der Waals surface area contributed by atoms with Crippen LogP contribution < -0.4 is 88.7 Å². The molecule has 0 spiro atoms. The molecule has 0 unspecified atom stereocenters. The molecule has 0 rings (SSSR count). The summed E-state index contributed by atoms with van der Waals surface area (Å²) in [4.78, 5) is 115. The third-order valence-electron chi connectivity index (χ3n) is 0. The van der Waals surface area contributed by atoms with E-state index in [0.29, 0.717) is 0 Å². The van der Waals surface area contributed by atoms with Crippen LogP contribution in [-0.2, 0) is 35.7 Å². The summed E-state index contributed by atoms with van der Waals surface area (Å²) in [5.74, 6) is 0. The molecule has 0 aromatic carbocycles. The van der Waals surface area contributed by atoms with E-state index in [1.54, 1.807) is 0 Å². The Labute approximate surface area is 275 Å². The monoisotopic (exact) mass is 696 g/mol. The average Bonchev–Trinajstić information content (AvgIpc) is 2.30. The van der Waals surface area contributed by atoms with Gasteiger partial charge in [0.05, 0.1) is 0 Å². The molecule has 0 fully saturated rings. The first-order valence-corrected chi connectivity index (χ1v) is 15.6. The Bertz CT molecular complexity index is 384. The topological polar surface area (TPSA) is 460 Å². The number of hydrogen-bond acceptors (Lipinski definition) is 8. The second-order valence-corrected chi connectivity index (χ2v) is 6.78. The summed E-state index contributed by atoms with van der Waals surface area (Å²) in [5.41, 5.74) is 0. The minimum Gasteiger partial charge on any atom is -1.00 e. The Balaban J connectivity index is -0.0000000141. The molecule has 0 bridgehead atoms. The zero-order valence-electron chi connectivity index (χ0n) is 20.4. The van der Waals surface area contributed by atoms with E-state index < -0.39 is 73.4 Å². The fourth-order valence-corrected chi connectivity index (χ4v) is 0. The summed E-state index contributed by atoms with van der Waals surface area (Å²) in [6.07, 6.45) is 0. The Morgan fingerprint density at radius 1 is 0.229 bits per heavy atom. The molecule has 0 aliphatic heterocycles. The van der Waals surface area contributed by atoms with Crippen molar-refractivity contribution in [3.63, 3.8) is 0 Å². The largest absolute Gasteiger partial charge is 1.00 e. The van der Waals surface area contributed by atoms with Gasteiger partial charge in [0.1, 0.15) is 0 Å². The van der Waals surface area contributed by atoms with E-state index in [-0.39, 0.29) is 93.0 Å². The van der Waals surface area contributed by atoms with Gasteiger partial charge in [0.2, 0.25) is 0 Å². The second kappa shape index (κ2) is 64.3. The van der Waals surface area contributed by atoms with Gasteiger partial charge in [-0.05, 0) is 0 Å². The summed E-state index contributed by atoms with van der Waals surface area (Å²) < 4.78 is 69.9. The van der Waals surface area contributed by atoms with Crippen molar-refractivity contribution in [3.8, 4) is 0 Å². The molecule has 198 valence electrons. The first kappa shape index (κ1) is 70.2. The average molecular weight is 697 g/mol. The molecular formula is H19Na3O24Si8. The van der Waals surface area contributed by atoms with Gasteiger partial charge < -0.3 is 81.0 Å². The molecule has 0 aromatic rings. The predicted molar refractivity (Wildman–Crippen MR) is 90.4 cm³/mol. The van der Waals surface area contributed by atoms with Crippen molar-refractivity contribution in [2.24, 2.45) is 0 Å². The van der Waals surface area contributed by atoms with E-state index in [0.717, 1.165) is 0 Å². The zero-order chi connectivity index (χ0) is 28.6. The minimum atomic E-state index is -3.13. The predicted octanol–water partition coefficient (Wildman–Crippen LogP) is -21.6. The molecule has 16 N–H and O–H groups in total. The molecule has 0 radical (unpaired) electrons. The first-order valence-electron chi connectivity index (χ1n) is 5.21. The maximum Gasteiger partial charge on any atom is 1.00 e. The quantitative estimate of drug-likeness (QED) is 0.104. The van der Waals surface area contributed by atoms with Gasteiger partial charge in [-0.1, -0.05) is 0 Å². The standard InChI is InChI=1S/3Na.8H2O3Si.3H/c;;;8*1-4(2)3;;;/h;;;8*1-2H;;;/q3*+1;;;;;;;;;3*-1. The summed E-state index contributed by atoms with van der Waals surface area (Å²) in [6, 6.07) is 0. The van der Waals surface area contributed by atoms with Gasteiger partial charge in [-0.25, -0.2) is 0 Å². The number of rotatable bonds is 0. The van der Waals surface area contributed by atoms with Crippen LogP contribution in [0, 0.1) is 0 Å². The Hall–Kier alpha value is -0.0649. The number of hydrogen-bond donors (Lipinski definition) is 16. The molecule has 0 aromatic heterocycles. The normalized spacial score (nSPS) is 5.49. The minimum absolute atomic E-state index is 0. The van der Waals surface area contributed by atoms with Gasteiger partial charge in [0.15, 0.2) is 0 Å². The van der Waals surface area contributed by atoms with E-state index >= 15 is 0 Å². The maximum atomic E-state index is 8.74. The van der Waals surface area contributed by atoms with Gasteiger partial charge >= 0.3 is 162 Å². The van der Waals surface area contributed by atoms with Crippen LogP contribution >= 0.6 is 0 Å². The fourth-order valence-electron chi connectivity index (χ4n) is 0. The summed E-state index contributed by atoms with van der Waals surface area (Å²) in [5, 5.41) is 0. The molecular weight excluding hydrogens is 678 g/mol. The molecule has 0 amide bonds. The van der Waals surface area contributed by atoms with E-state index in [2.05, 4.69) is 0 Å². The second-order valence-electron chi connectivity index (χ2n) is 2.26. The van der Waals surface area contributed by atoms with Gasteiger partial charge in [-0.15, -0.1) is 0 Å². The molecule has 0 aliphatic rings. The van der Waals surface area contributed by atoms with Crippen molar-refractivity contribution >= 4 is 73.4 Å². The molecule has 0 saturated carbocycles. The van der Waals surface area contributed by atoms with Crippen molar-refractivity contribution in [3.05, 3.63) is 0 Å². The van der Waals surface area contributed by atoms with Crippen molar-refractivity contribution in [2.45, 2.75) is 0 Å². The van der Waals surface area contributed by atoms with Crippen molar-refractivity contribution in [1.29, 1.82) is 0 Å². The third kappa shape index (κ3) is 8210000. The van der Waals surface area contributed by atoms with Crippen LogP contribution in [0.4, 0.5) is 0 Å². The van der Waals surface area contributed by atoms with Crippen molar-refractivity contribution in [1.82, 2.24) is 0 Å². The van der Waals surface area contributed by atoms with Crippen LogP contribution in [-0.4, -0.2) is 150 Å². The zero-order valence-corrected chi connectivity index (χ0v) is 31.4. The molecule has 0 aliphatic carbocycles. The summed E-state index contributed by atoms with van der Waals surface area (Å²) in [6.45, 7) is 0. The van der Waals surface area contributed by atoms with Crippen LogP contribution in [0.3, 0.4) is 0 Å². The van der Waals surface area contributed by atoms with Crippen LogP contribution in [0.25, 0.3) is 0 Å². The van der Waals surface area contributed by atoms with E-state index in [1.807, 2.05) is 0 Å². The molecule has 0 saturated heterocycles. The summed E-state index contributed by atoms with van der Waals surface area (Å²) in [7, 11) is -25.0. The van der Waals surface area contributed by atoms with Crippen molar-refractivity contribution < 1.29 is 205 Å². The summed E-state index contributed by atoms with van der Waals surface area (Å²) >= 11 is 0. The van der Waals surface area contributed by atoms with Gasteiger partial charge in [-0.2, -0.15) is 0 Å². The van der Waals surface area contributed by atoms with Crippen LogP contribution in [0.1, 0.15) is 4.28 Å². The SMILES string of the molecule is O=[Si](O)O.O=[Si](O)O.O=[Si](O)O.O=[Si](O)O.O=[Si](O)O.O=[Si](O)O.O=[Si](O)O.O=[Si](O)O.[H-].[H-].[H-].[Na+].[Na+].[Na+]. The molecule has 0 heterocycles. The van der Waals surface area contributed by atoms with Crippen molar-refractivity contribution in [2.75, 3.05) is 0 Å². The Kier molecular flexibility index (Phi) is 129. The van der Waals surface area contributed by atoms with Gasteiger partial charge in [0.25, 0.3) is 0 Å².